The maximum Gasteiger partial charge on any atom is 0.0598 e. The zero-order chi connectivity index (χ0) is 9.61. The van der Waals surface area contributed by atoms with Crippen molar-refractivity contribution in [2.75, 3.05) is 6.61 Å². The molecule has 0 aliphatic heterocycles. The van der Waals surface area contributed by atoms with Crippen LogP contribution in [-0.2, 0) is 4.74 Å². The van der Waals surface area contributed by atoms with Crippen molar-refractivity contribution >= 4 is 0 Å². The van der Waals surface area contributed by atoms with Crippen LogP contribution in [0.15, 0.2) is 0 Å². The predicted octanol–water partition coefficient (Wildman–Crippen LogP) is 3.63. The zero-order valence-electron chi connectivity index (χ0n) is 9.31. The maximum absolute atomic E-state index is 5.65. The molecule has 12 heavy (non-hydrogen) atoms. The predicted molar refractivity (Wildman–Crippen MR) is 54.4 cm³/mol. The molecule has 0 N–H and O–H groups in total. The van der Waals surface area contributed by atoms with Crippen molar-refractivity contribution in [3.05, 3.63) is 0 Å². The molecule has 1 atom stereocenters. The van der Waals surface area contributed by atoms with Crippen molar-refractivity contribution in [1.82, 2.24) is 0 Å². The summed E-state index contributed by atoms with van der Waals surface area (Å²) in [4.78, 5) is 0. The molecule has 0 fully saturated rings. The second-order valence-corrected chi connectivity index (χ2v) is 4.64. The van der Waals surface area contributed by atoms with Gasteiger partial charge in [0.25, 0.3) is 0 Å². The molecular weight excluding hydrogens is 148 g/mol. The molecule has 1 nitrogen and oxygen atoms in total. The molecule has 74 valence electrons. The van der Waals surface area contributed by atoms with Gasteiger partial charge in [-0.25, -0.2) is 0 Å². The molecule has 0 heterocycles. The SMILES string of the molecule is CCCC(C)CCOC(C)(C)C. The normalized spacial score (nSPS) is 14.8. The van der Waals surface area contributed by atoms with Gasteiger partial charge in [-0.05, 0) is 33.1 Å². The molecular formula is C11H24O. The summed E-state index contributed by atoms with van der Waals surface area (Å²) in [7, 11) is 0. The quantitative estimate of drug-likeness (QED) is 0.615. The standard InChI is InChI=1S/C11H24O/c1-6-7-10(2)8-9-12-11(3,4)5/h10H,6-9H2,1-5H3. The Kier molecular flexibility index (Phi) is 5.56. The molecule has 0 aromatic carbocycles. The topological polar surface area (TPSA) is 9.23 Å². The van der Waals surface area contributed by atoms with E-state index in [9.17, 15) is 0 Å². The largest absolute Gasteiger partial charge is 0.376 e. The average molecular weight is 172 g/mol. The van der Waals surface area contributed by atoms with Crippen LogP contribution in [-0.4, -0.2) is 12.2 Å². The van der Waals surface area contributed by atoms with Crippen LogP contribution in [0.2, 0.25) is 0 Å². The molecule has 0 saturated heterocycles. The fraction of sp³-hybridized carbons (Fsp3) is 1.00. The Bertz CT molecular complexity index is 102. The summed E-state index contributed by atoms with van der Waals surface area (Å²) in [5.74, 6) is 0.817. The lowest BCUT2D eigenvalue weighted by Gasteiger charge is -2.20. The van der Waals surface area contributed by atoms with Crippen LogP contribution in [0.3, 0.4) is 0 Å². The van der Waals surface area contributed by atoms with Crippen LogP contribution < -0.4 is 0 Å². The van der Waals surface area contributed by atoms with E-state index in [-0.39, 0.29) is 5.60 Å². The van der Waals surface area contributed by atoms with E-state index >= 15 is 0 Å². The zero-order valence-corrected chi connectivity index (χ0v) is 9.31. The molecule has 0 aliphatic rings. The summed E-state index contributed by atoms with van der Waals surface area (Å²) in [5, 5.41) is 0. The third-order valence-electron chi connectivity index (χ3n) is 1.93. The smallest absolute Gasteiger partial charge is 0.0598 e. The Labute approximate surface area is 77.5 Å². The van der Waals surface area contributed by atoms with Crippen molar-refractivity contribution < 1.29 is 4.74 Å². The summed E-state index contributed by atoms with van der Waals surface area (Å²) in [5.41, 5.74) is 0.0337. The van der Waals surface area contributed by atoms with Crippen LogP contribution >= 0.6 is 0 Å². The lowest BCUT2D eigenvalue weighted by atomic mass is 10.0. The first kappa shape index (κ1) is 12.0. The highest BCUT2D eigenvalue weighted by molar-refractivity contribution is 4.59. The van der Waals surface area contributed by atoms with E-state index in [2.05, 4.69) is 34.6 Å². The monoisotopic (exact) mass is 172 g/mol. The second kappa shape index (κ2) is 5.58. The van der Waals surface area contributed by atoms with Crippen LogP contribution in [0.4, 0.5) is 0 Å². The van der Waals surface area contributed by atoms with Crippen LogP contribution in [0.1, 0.15) is 53.9 Å². The lowest BCUT2D eigenvalue weighted by Crippen LogP contribution is -2.20. The van der Waals surface area contributed by atoms with Crippen LogP contribution in [0, 0.1) is 5.92 Å². The maximum atomic E-state index is 5.65. The van der Waals surface area contributed by atoms with Gasteiger partial charge < -0.3 is 4.74 Å². The Morgan fingerprint density at radius 2 is 1.75 bits per heavy atom. The summed E-state index contributed by atoms with van der Waals surface area (Å²) < 4.78 is 5.65. The lowest BCUT2D eigenvalue weighted by molar-refractivity contribution is -0.00881. The highest BCUT2D eigenvalue weighted by Gasteiger charge is 2.10. The number of rotatable bonds is 5. The first-order valence-electron chi connectivity index (χ1n) is 5.09. The van der Waals surface area contributed by atoms with E-state index in [0.717, 1.165) is 12.5 Å². The molecule has 1 unspecified atom stereocenters. The Morgan fingerprint density at radius 3 is 2.17 bits per heavy atom. The minimum absolute atomic E-state index is 0.0337. The van der Waals surface area contributed by atoms with Gasteiger partial charge >= 0.3 is 0 Å². The number of ether oxygens (including phenoxy) is 1. The van der Waals surface area contributed by atoms with Gasteiger partial charge in [-0.2, -0.15) is 0 Å². The second-order valence-electron chi connectivity index (χ2n) is 4.64. The van der Waals surface area contributed by atoms with E-state index in [1.54, 1.807) is 0 Å². The number of hydrogen-bond donors (Lipinski definition) is 0. The third kappa shape index (κ3) is 8.06. The van der Waals surface area contributed by atoms with Gasteiger partial charge in [0.05, 0.1) is 5.60 Å². The molecule has 0 saturated carbocycles. The van der Waals surface area contributed by atoms with E-state index in [4.69, 9.17) is 4.74 Å². The molecule has 0 spiro atoms. The van der Waals surface area contributed by atoms with E-state index in [1.807, 2.05) is 0 Å². The van der Waals surface area contributed by atoms with E-state index in [1.165, 1.54) is 19.3 Å². The van der Waals surface area contributed by atoms with Crippen molar-refractivity contribution in [2.45, 2.75) is 59.5 Å². The first-order chi connectivity index (χ1) is 5.45. The van der Waals surface area contributed by atoms with Gasteiger partial charge in [0.2, 0.25) is 0 Å². The highest BCUT2D eigenvalue weighted by Crippen LogP contribution is 2.13. The van der Waals surface area contributed by atoms with Crippen LogP contribution in [0.25, 0.3) is 0 Å². The summed E-state index contributed by atoms with van der Waals surface area (Å²) in [6.45, 7) is 11.8. The third-order valence-corrected chi connectivity index (χ3v) is 1.93. The minimum Gasteiger partial charge on any atom is -0.376 e. The van der Waals surface area contributed by atoms with Crippen molar-refractivity contribution in [2.24, 2.45) is 5.92 Å². The van der Waals surface area contributed by atoms with Gasteiger partial charge in [-0.3, -0.25) is 0 Å². The fourth-order valence-electron chi connectivity index (χ4n) is 1.20. The van der Waals surface area contributed by atoms with Crippen molar-refractivity contribution in [1.29, 1.82) is 0 Å². The fourth-order valence-corrected chi connectivity index (χ4v) is 1.20. The van der Waals surface area contributed by atoms with Gasteiger partial charge in [0.1, 0.15) is 0 Å². The van der Waals surface area contributed by atoms with Crippen molar-refractivity contribution in [3.63, 3.8) is 0 Å². The molecule has 1 heteroatoms. The first-order valence-corrected chi connectivity index (χ1v) is 5.09. The van der Waals surface area contributed by atoms with Gasteiger partial charge in [-0.15, -0.1) is 0 Å². The average Bonchev–Trinajstić information content (AvgIpc) is 1.84. The molecule has 0 rings (SSSR count). The molecule has 0 aromatic rings. The van der Waals surface area contributed by atoms with E-state index < -0.39 is 0 Å². The van der Waals surface area contributed by atoms with Gasteiger partial charge in [0.15, 0.2) is 0 Å². The molecule has 0 aliphatic carbocycles. The van der Waals surface area contributed by atoms with Gasteiger partial charge in [0, 0.05) is 6.61 Å². The summed E-state index contributed by atoms with van der Waals surface area (Å²) in [6.07, 6.45) is 3.81. The molecule has 0 bridgehead atoms. The molecule has 0 radical (unpaired) electrons. The van der Waals surface area contributed by atoms with Gasteiger partial charge in [-0.1, -0.05) is 26.7 Å². The highest BCUT2D eigenvalue weighted by atomic mass is 16.5. The minimum atomic E-state index is 0.0337. The Morgan fingerprint density at radius 1 is 1.17 bits per heavy atom. The van der Waals surface area contributed by atoms with E-state index in [0.29, 0.717) is 0 Å². The van der Waals surface area contributed by atoms with Crippen molar-refractivity contribution in [3.8, 4) is 0 Å². The molecule has 0 aromatic heterocycles. The molecule has 0 amide bonds. The number of hydrogen-bond acceptors (Lipinski definition) is 1. The van der Waals surface area contributed by atoms with Crippen LogP contribution in [0.5, 0.6) is 0 Å². The summed E-state index contributed by atoms with van der Waals surface area (Å²) >= 11 is 0. The Balaban J connectivity index is 3.31. The summed E-state index contributed by atoms with van der Waals surface area (Å²) in [6, 6.07) is 0. The Hall–Kier alpha value is -0.0400.